The molecule has 31 heavy (non-hydrogen) atoms. The average Bonchev–Trinajstić information content (AvgIpc) is 3.11. The van der Waals surface area contributed by atoms with E-state index in [1.807, 2.05) is 24.3 Å². The van der Waals surface area contributed by atoms with Crippen LogP contribution in [0.4, 0.5) is 5.95 Å². The summed E-state index contributed by atoms with van der Waals surface area (Å²) in [6.45, 7) is 6.46. The number of carbonyl (C=O) groups is 1. The van der Waals surface area contributed by atoms with E-state index >= 15 is 0 Å². The Morgan fingerprint density at radius 3 is 2.26 bits per heavy atom. The molecule has 0 fully saturated rings. The number of nitrogens with two attached hydrogens (primary N) is 1. The van der Waals surface area contributed by atoms with Gasteiger partial charge in [-0.3, -0.25) is 10.1 Å². The molecule has 0 aliphatic carbocycles. The minimum atomic E-state index is -0.334. The highest BCUT2D eigenvalue weighted by molar-refractivity contribution is 7.99. The third-order valence-corrected chi connectivity index (χ3v) is 5.30. The summed E-state index contributed by atoms with van der Waals surface area (Å²) in [6.07, 6.45) is 0. The second-order valence-electron chi connectivity index (χ2n) is 7.62. The molecule has 164 valence electrons. The molecule has 0 saturated carbocycles. The van der Waals surface area contributed by atoms with E-state index in [1.165, 1.54) is 30.5 Å². The van der Waals surface area contributed by atoms with Gasteiger partial charge in [-0.2, -0.15) is 9.97 Å². The third-order valence-electron chi connectivity index (χ3n) is 4.35. The molecule has 0 aliphatic heterocycles. The van der Waals surface area contributed by atoms with Crippen molar-refractivity contribution < 1.29 is 14.3 Å². The number of carbonyl (C=O) groups excluding carboxylic acids is 1. The molecule has 3 N–H and O–H groups in total. The van der Waals surface area contributed by atoms with Crippen LogP contribution in [0.25, 0.3) is 11.4 Å². The van der Waals surface area contributed by atoms with Crippen LogP contribution in [-0.2, 0) is 10.2 Å². The lowest BCUT2D eigenvalue weighted by Gasteiger charge is -2.19. The first-order valence-electron chi connectivity index (χ1n) is 9.42. The number of rotatable bonds is 7. The van der Waals surface area contributed by atoms with Gasteiger partial charge >= 0.3 is 0 Å². The molecule has 1 aromatic carbocycles. The Bertz CT molecular complexity index is 1040. The molecule has 11 heteroatoms. The highest BCUT2D eigenvalue weighted by atomic mass is 32.2. The minimum Gasteiger partial charge on any atom is -0.481 e. The lowest BCUT2D eigenvalue weighted by molar-refractivity contribution is -0.113. The number of nitrogens with zero attached hydrogens (tertiary/aromatic N) is 5. The van der Waals surface area contributed by atoms with E-state index in [0.717, 1.165) is 17.3 Å². The highest BCUT2D eigenvalue weighted by Crippen LogP contribution is 2.26. The summed E-state index contributed by atoms with van der Waals surface area (Å²) in [5, 5.41) is 11.3. The van der Waals surface area contributed by atoms with E-state index in [-0.39, 0.29) is 34.8 Å². The van der Waals surface area contributed by atoms with Crippen LogP contribution in [0.5, 0.6) is 11.8 Å². The first-order chi connectivity index (χ1) is 14.7. The lowest BCUT2D eigenvalue weighted by atomic mass is 9.87. The molecule has 10 nitrogen and oxygen atoms in total. The molecule has 2 aromatic heterocycles. The number of aromatic nitrogens is 5. The number of nitrogen functional groups attached to an aromatic ring is 1. The molecular weight excluding hydrogens is 418 g/mol. The van der Waals surface area contributed by atoms with Crippen molar-refractivity contribution in [2.75, 3.05) is 31.1 Å². The van der Waals surface area contributed by atoms with Gasteiger partial charge < -0.3 is 15.3 Å². The standard InChI is InChI=1S/C20H25N7O3S/c1-20(2,3)13-8-6-12(7-9-13)17-25-26-19(27(17)21)31-11-14(28)22-18-23-15(29-4)10-16(24-18)30-5/h6-10H,11,21H2,1-5H3,(H,22,23,24,28). The number of methoxy groups -OCH3 is 2. The van der Waals surface area contributed by atoms with E-state index in [4.69, 9.17) is 15.3 Å². The van der Waals surface area contributed by atoms with Crippen molar-refractivity contribution in [2.45, 2.75) is 31.3 Å². The van der Waals surface area contributed by atoms with Crippen molar-refractivity contribution in [1.29, 1.82) is 0 Å². The number of anilines is 1. The fraction of sp³-hybridized carbons (Fsp3) is 0.350. The molecule has 0 radical (unpaired) electrons. The summed E-state index contributed by atoms with van der Waals surface area (Å²) in [5.41, 5.74) is 2.11. The third kappa shape index (κ3) is 5.43. The SMILES string of the molecule is COc1cc(OC)nc(NC(=O)CSc2nnc(-c3ccc(C(C)(C)C)cc3)n2N)n1. The fourth-order valence-electron chi connectivity index (χ4n) is 2.65. The van der Waals surface area contributed by atoms with Crippen LogP contribution in [0.1, 0.15) is 26.3 Å². The summed E-state index contributed by atoms with van der Waals surface area (Å²) in [5.74, 6) is 7.01. The van der Waals surface area contributed by atoms with Gasteiger partial charge in [0.1, 0.15) is 0 Å². The Balaban J connectivity index is 1.65. The van der Waals surface area contributed by atoms with Gasteiger partial charge in [0, 0.05) is 5.56 Å². The summed E-state index contributed by atoms with van der Waals surface area (Å²) in [7, 11) is 2.93. The number of hydrogen-bond donors (Lipinski definition) is 2. The summed E-state index contributed by atoms with van der Waals surface area (Å²) >= 11 is 1.15. The fourth-order valence-corrected chi connectivity index (χ4v) is 3.31. The van der Waals surface area contributed by atoms with Gasteiger partial charge in [-0.05, 0) is 11.0 Å². The normalized spacial score (nSPS) is 11.3. The molecule has 0 unspecified atom stereocenters. The quantitative estimate of drug-likeness (QED) is 0.418. The van der Waals surface area contributed by atoms with E-state index in [9.17, 15) is 4.79 Å². The molecule has 0 bridgehead atoms. The van der Waals surface area contributed by atoms with Crippen molar-refractivity contribution >= 4 is 23.6 Å². The number of nitrogens with one attached hydrogen (secondary N) is 1. The second kappa shape index (κ2) is 9.21. The van der Waals surface area contributed by atoms with Gasteiger partial charge in [-0.25, -0.2) is 4.68 Å². The van der Waals surface area contributed by atoms with Crippen LogP contribution in [0.3, 0.4) is 0 Å². The molecule has 1 amide bonds. The van der Waals surface area contributed by atoms with Crippen molar-refractivity contribution in [3.05, 3.63) is 35.9 Å². The van der Waals surface area contributed by atoms with Crippen LogP contribution in [0.2, 0.25) is 0 Å². The zero-order valence-corrected chi connectivity index (χ0v) is 18.9. The highest BCUT2D eigenvalue weighted by Gasteiger charge is 2.17. The second-order valence-corrected chi connectivity index (χ2v) is 8.56. The Morgan fingerprint density at radius 1 is 1.10 bits per heavy atom. The van der Waals surface area contributed by atoms with Crippen LogP contribution in [-0.4, -0.2) is 50.7 Å². The van der Waals surface area contributed by atoms with Gasteiger partial charge in [-0.15, -0.1) is 10.2 Å². The van der Waals surface area contributed by atoms with E-state index in [2.05, 4.69) is 46.3 Å². The number of hydrogen-bond acceptors (Lipinski definition) is 9. The Morgan fingerprint density at radius 2 is 1.71 bits per heavy atom. The largest absolute Gasteiger partial charge is 0.481 e. The first-order valence-corrected chi connectivity index (χ1v) is 10.4. The van der Waals surface area contributed by atoms with E-state index in [0.29, 0.717) is 11.0 Å². The smallest absolute Gasteiger partial charge is 0.237 e. The summed E-state index contributed by atoms with van der Waals surface area (Å²) < 4.78 is 11.5. The molecular formula is C20H25N7O3S. The summed E-state index contributed by atoms with van der Waals surface area (Å²) in [4.78, 5) is 20.4. The predicted molar refractivity (Wildman–Crippen MR) is 119 cm³/mol. The number of amides is 1. The molecule has 3 rings (SSSR count). The predicted octanol–water partition coefficient (Wildman–Crippen LogP) is 2.49. The molecule has 0 aliphatic rings. The van der Waals surface area contributed by atoms with Gasteiger partial charge in [-0.1, -0.05) is 56.8 Å². The van der Waals surface area contributed by atoms with Crippen LogP contribution in [0.15, 0.2) is 35.5 Å². The number of ether oxygens (including phenoxy) is 2. The van der Waals surface area contributed by atoms with Crippen molar-refractivity contribution in [3.63, 3.8) is 0 Å². The maximum atomic E-state index is 12.3. The Kier molecular flexibility index (Phi) is 6.64. The first kappa shape index (κ1) is 22.3. The van der Waals surface area contributed by atoms with E-state index in [1.54, 1.807) is 0 Å². The van der Waals surface area contributed by atoms with Crippen LogP contribution >= 0.6 is 11.8 Å². The topological polar surface area (TPSA) is 130 Å². The van der Waals surface area contributed by atoms with Crippen molar-refractivity contribution in [1.82, 2.24) is 24.8 Å². The monoisotopic (exact) mass is 443 g/mol. The van der Waals surface area contributed by atoms with Gasteiger partial charge in [0.15, 0.2) is 5.82 Å². The Labute approximate surface area is 184 Å². The molecule has 0 spiro atoms. The summed E-state index contributed by atoms with van der Waals surface area (Å²) in [6, 6.07) is 9.53. The van der Waals surface area contributed by atoms with Crippen LogP contribution in [0, 0.1) is 0 Å². The van der Waals surface area contributed by atoms with E-state index < -0.39 is 0 Å². The van der Waals surface area contributed by atoms with Gasteiger partial charge in [0.25, 0.3) is 0 Å². The molecule has 3 aromatic rings. The molecule has 2 heterocycles. The maximum absolute atomic E-state index is 12.3. The zero-order valence-electron chi connectivity index (χ0n) is 18.0. The number of thioether (sulfide) groups is 1. The van der Waals surface area contributed by atoms with Gasteiger partial charge in [0.05, 0.1) is 26.0 Å². The van der Waals surface area contributed by atoms with Gasteiger partial charge in [0.2, 0.25) is 28.8 Å². The molecule has 0 saturated heterocycles. The average molecular weight is 444 g/mol. The van der Waals surface area contributed by atoms with Crippen molar-refractivity contribution in [2.24, 2.45) is 0 Å². The zero-order chi connectivity index (χ0) is 22.6. The minimum absolute atomic E-state index is 0.0428. The molecule has 0 atom stereocenters. The number of benzene rings is 1. The lowest BCUT2D eigenvalue weighted by Crippen LogP contribution is -2.18. The Hall–Kier alpha value is -3.34. The maximum Gasteiger partial charge on any atom is 0.237 e. The van der Waals surface area contributed by atoms with Crippen molar-refractivity contribution in [3.8, 4) is 23.1 Å². The van der Waals surface area contributed by atoms with Crippen LogP contribution < -0.4 is 20.6 Å².